The monoisotopic (exact) mass is 263 g/mol. The number of nitrogens with zero attached hydrogens (tertiary/aromatic N) is 1. The van der Waals surface area contributed by atoms with Crippen LogP contribution in [0.4, 0.5) is 0 Å². The molecule has 0 aliphatic heterocycles. The number of carbonyl (C=O) groups is 1. The highest BCUT2D eigenvalue weighted by Gasteiger charge is 2.26. The van der Waals surface area contributed by atoms with Crippen molar-refractivity contribution in [3.8, 4) is 0 Å². The topological polar surface area (TPSA) is 20.3 Å². The lowest BCUT2D eigenvalue weighted by atomic mass is 9.94. The molecule has 0 saturated heterocycles. The molecule has 3 heteroatoms. The van der Waals surface area contributed by atoms with E-state index in [0.29, 0.717) is 0 Å². The molecule has 0 fully saturated rings. The largest absolute Gasteiger partial charge is 0.341 e. The molecule has 0 aliphatic rings. The Hall–Kier alpha value is -0.0500. The minimum Gasteiger partial charge on any atom is -0.341 e. The summed E-state index contributed by atoms with van der Waals surface area (Å²) in [5.41, 5.74) is -0.254. The summed E-state index contributed by atoms with van der Waals surface area (Å²) in [6.07, 6.45) is 2.23. The van der Waals surface area contributed by atoms with Crippen LogP contribution in [-0.2, 0) is 4.79 Å². The average Bonchev–Trinajstić information content (AvgIpc) is 2.09. The Bertz CT molecular complexity index is 175. The molecule has 0 heterocycles. The number of unbranched alkanes of at least 4 members (excludes halogenated alkanes) is 1. The maximum atomic E-state index is 12.0. The van der Waals surface area contributed by atoms with Crippen LogP contribution in [0.25, 0.3) is 0 Å². The molecule has 0 saturated carbocycles. The molecule has 14 heavy (non-hydrogen) atoms. The predicted molar refractivity (Wildman–Crippen MR) is 64.7 cm³/mol. The summed E-state index contributed by atoms with van der Waals surface area (Å²) in [6, 6.07) is 0. The van der Waals surface area contributed by atoms with Crippen molar-refractivity contribution < 1.29 is 4.79 Å². The molecule has 0 unspecified atom stereocenters. The minimum absolute atomic E-state index is 0.254. The Morgan fingerprint density at radius 2 is 1.86 bits per heavy atom. The third-order valence-electron chi connectivity index (χ3n) is 2.06. The Balaban J connectivity index is 4.25. The zero-order chi connectivity index (χ0) is 11.2. The van der Waals surface area contributed by atoms with Crippen LogP contribution in [0, 0.1) is 5.41 Å². The van der Waals surface area contributed by atoms with Crippen LogP contribution in [0.3, 0.4) is 0 Å². The fourth-order valence-electron chi connectivity index (χ4n) is 1.24. The third-order valence-corrected chi connectivity index (χ3v) is 2.42. The van der Waals surface area contributed by atoms with Crippen molar-refractivity contribution in [2.24, 2.45) is 5.41 Å². The van der Waals surface area contributed by atoms with Gasteiger partial charge in [0, 0.05) is 23.8 Å². The van der Waals surface area contributed by atoms with Crippen molar-refractivity contribution in [3.05, 3.63) is 0 Å². The fourth-order valence-corrected chi connectivity index (χ4v) is 1.67. The number of hydrogen-bond acceptors (Lipinski definition) is 1. The number of rotatable bonds is 5. The van der Waals surface area contributed by atoms with E-state index in [-0.39, 0.29) is 11.3 Å². The number of amides is 1. The van der Waals surface area contributed by atoms with Crippen molar-refractivity contribution in [3.63, 3.8) is 0 Å². The van der Waals surface area contributed by atoms with Crippen molar-refractivity contribution in [1.82, 2.24) is 4.90 Å². The fraction of sp³-hybridized carbons (Fsp3) is 0.909. The number of carbonyl (C=O) groups excluding carboxylic acids is 1. The highest BCUT2D eigenvalue weighted by molar-refractivity contribution is 9.09. The van der Waals surface area contributed by atoms with E-state index in [1.165, 1.54) is 0 Å². The van der Waals surface area contributed by atoms with E-state index in [1.807, 2.05) is 25.7 Å². The van der Waals surface area contributed by atoms with Gasteiger partial charge in [-0.2, -0.15) is 0 Å². The summed E-state index contributed by atoms with van der Waals surface area (Å²) in [5.74, 6) is 0.255. The Morgan fingerprint density at radius 1 is 1.29 bits per heavy atom. The summed E-state index contributed by atoms with van der Waals surface area (Å²) in [4.78, 5) is 13.9. The van der Waals surface area contributed by atoms with Gasteiger partial charge in [0.25, 0.3) is 0 Å². The summed E-state index contributed by atoms with van der Waals surface area (Å²) >= 11 is 3.38. The second-order valence-electron chi connectivity index (χ2n) is 4.58. The molecule has 1 amide bonds. The van der Waals surface area contributed by atoms with Gasteiger partial charge in [-0.15, -0.1) is 0 Å². The van der Waals surface area contributed by atoms with Crippen molar-refractivity contribution in [2.75, 3.05) is 18.4 Å². The van der Waals surface area contributed by atoms with E-state index < -0.39 is 0 Å². The Labute approximate surface area is 96.2 Å². The summed E-state index contributed by atoms with van der Waals surface area (Å²) < 4.78 is 0. The quantitative estimate of drug-likeness (QED) is 0.699. The molecule has 0 aliphatic carbocycles. The van der Waals surface area contributed by atoms with E-state index >= 15 is 0 Å². The normalized spacial score (nSPS) is 11.5. The molecule has 0 atom stereocenters. The van der Waals surface area contributed by atoms with Gasteiger partial charge in [0.2, 0.25) is 5.91 Å². The molecule has 0 bridgehead atoms. The third kappa shape index (κ3) is 4.99. The number of halogens is 1. The standard InChI is InChI=1S/C11H22BrNO/c1-5-6-8-13(9-7-12)10(14)11(2,3)4/h5-9H2,1-4H3. The first-order chi connectivity index (χ1) is 6.43. The molecule has 0 aromatic heterocycles. The molecule has 0 rings (SSSR count). The maximum Gasteiger partial charge on any atom is 0.227 e. The van der Waals surface area contributed by atoms with Gasteiger partial charge in [0.05, 0.1) is 0 Å². The zero-order valence-corrected chi connectivity index (χ0v) is 11.4. The predicted octanol–water partition coefficient (Wildman–Crippen LogP) is 3.06. The lowest BCUT2D eigenvalue weighted by Crippen LogP contribution is -2.41. The van der Waals surface area contributed by atoms with Gasteiger partial charge in [-0.1, -0.05) is 50.0 Å². The molecule has 2 nitrogen and oxygen atoms in total. The van der Waals surface area contributed by atoms with Gasteiger partial charge in [-0.25, -0.2) is 0 Å². The van der Waals surface area contributed by atoms with Crippen molar-refractivity contribution in [1.29, 1.82) is 0 Å². The van der Waals surface area contributed by atoms with Crippen LogP contribution in [0.2, 0.25) is 0 Å². The van der Waals surface area contributed by atoms with E-state index in [1.54, 1.807) is 0 Å². The molecular weight excluding hydrogens is 242 g/mol. The SMILES string of the molecule is CCCCN(CCBr)C(=O)C(C)(C)C. The first kappa shape index (κ1) is 13.9. The van der Waals surface area contributed by atoms with Gasteiger partial charge in [-0.3, -0.25) is 4.79 Å². The number of hydrogen-bond donors (Lipinski definition) is 0. The van der Waals surface area contributed by atoms with Crippen molar-refractivity contribution >= 4 is 21.8 Å². The van der Waals surface area contributed by atoms with Gasteiger partial charge in [-0.05, 0) is 6.42 Å². The van der Waals surface area contributed by atoms with Crippen LogP contribution in [0.1, 0.15) is 40.5 Å². The maximum absolute atomic E-state index is 12.0. The van der Waals surface area contributed by atoms with Gasteiger partial charge in [0.1, 0.15) is 0 Å². The van der Waals surface area contributed by atoms with E-state index in [0.717, 1.165) is 31.3 Å². The summed E-state index contributed by atoms with van der Waals surface area (Å²) in [6.45, 7) is 9.77. The Morgan fingerprint density at radius 3 is 2.21 bits per heavy atom. The molecule has 0 N–H and O–H groups in total. The Kier molecular flexibility index (Phi) is 6.41. The van der Waals surface area contributed by atoms with Gasteiger partial charge in [0.15, 0.2) is 0 Å². The highest BCUT2D eigenvalue weighted by atomic mass is 79.9. The molecule has 84 valence electrons. The molecule has 0 aromatic carbocycles. The van der Waals surface area contributed by atoms with Crippen LogP contribution >= 0.6 is 15.9 Å². The lowest BCUT2D eigenvalue weighted by Gasteiger charge is -2.29. The smallest absolute Gasteiger partial charge is 0.227 e. The van der Waals surface area contributed by atoms with Crippen LogP contribution in [0.15, 0.2) is 0 Å². The van der Waals surface area contributed by atoms with Crippen LogP contribution < -0.4 is 0 Å². The van der Waals surface area contributed by atoms with E-state index in [9.17, 15) is 4.79 Å². The first-order valence-corrected chi connectivity index (χ1v) is 6.41. The summed E-state index contributed by atoms with van der Waals surface area (Å²) in [5, 5.41) is 0.860. The highest BCUT2D eigenvalue weighted by Crippen LogP contribution is 2.17. The summed E-state index contributed by atoms with van der Waals surface area (Å²) in [7, 11) is 0. The average molecular weight is 264 g/mol. The van der Waals surface area contributed by atoms with Crippen LogP contribution in [-0.4, -0.2) is 29.2 Å². The molecule has 0 spiro atoms. The first-order valence-electron chi connectivity index (χ1n) is 5.28. The van der Waals surface area contributed by atoms with Gasteiger partial charge >= 0.3 is 0 Å². The number of alkyl halides is 1. The molecule has 0 radical (unpaired) electrons. The minimum atomic E-state index is -0.254. The molecular formula is C11H22BrNO. The van der Waals surface area contributed by atoms with Crippen molar-refractivity contribution in [2.45, 2.75) is 40.5 Å². The lowest BCUT2D eigenvalue weighted by molar-refractivity contribution is -0.139. The molecule has 0 aromatic rings. The van der Waals surface area contributed by atoms with Gasteiger partial charge < -0.3 is 4.90 Å². The van der Waals surface area contributed by atoms with E-state index in [4.69, 9.17) is 0 Å². The second kappa shape index (κ2) is 6.44. The zero-order valence-electron chi connectivity index (χ0n) is 9.77. The van der Waals surface area contributed by atoms with E-state index in [2.05, 4.69) is 22.9 Å². The second-order valence-corrected chi connectivity index (χ2v) is 5.38. The van der Waals surface area contributed by atoms with Crippen LogP contribution in [0.5, 0.6) is 0 Å².